The molecular formula is C32H36FNO4. The molecule has 0 aliphatic heterocycles. The van der Waals surface area contributed by atoms with Crippen LogP contribution < -0.4 is 4.74 Å². The van der Waals surface area contributed by atoms with Gasteiger partial charge in [-0.15, -0.1) is 0 Å². The predicted octanol–water partition coefficient (Wildman–Crippen LogP) is 7.27. The number of carbonyl (C=O) groups is 1. The van der Waals surface area contributed by atoms with Crippen LogP contribution in [0.3, 0.4) is 0 Å². The van der Waals surface area contributed by atoms with E-state index in [1.807, 2.05) is 18.2 Å². The molecule has 5 nitrogen and oxygen atoms in total. The lowest BCUT2D eigenvalue weighted by Gasteiger charge is -2.51. The molecule has 3 unspecified atom stereocenters. The second kappa shape index (κ2) is 10.1. The Bertz CT molecular complexity index is 1350. The van der Waals surface area contributed by atoms with E-state index in [9.17, 15) is 14.3 Å². The summed E-state index contributed by atoms with van der Waals surface area (Å²) in [5, 5.41) is 9.80. The van der Waals surface area contributed by atoms with E-state index in [0.29, 0.717) is 12.2 Å². The maximum Gasteiger partial charge on any atom is 0.307 e. The molecule has 0 saturated heterocycles. The van der Waals surface area contributed by atoms with Crippen molar-refractivity contribution in [2.75, 3.05) is 7.11 Å². The Morgan fingerprint density at radius 1 is 1.16 bits per heavy atom. The third kappa shape index (κ3) is 4.82. The third-order valence-electron chi connectivity index (χ3n) is 8.37. The van der Waals surface area contributed by atoms with Crippen LogP contribution in [0.15, 0.2) is 54.9 Å². The minimum atomic E-state index is -0.692. The van der Waals surface area contributed by atoms with E-state index in [1.165, 1.54) is 17.8 Å². The van der Waals surface area contributed by atoms with Gasteiger partial charge >= 0.3 is 5.97 Å². The Morgan fingerprint density at radius 3 is 2.63 bits per heavy atom. The number of aromatic nitrogens is 1. The van der Waals surface area contributed by atoms with Gasteiger partial charge in [-0.3, -0.25) is 9.78 Å². The highest BCUT2D eigenvalue weighted by atomic mass is 19.1. The van der Waals surface area contributed by atoms with Gasteiger partial charge < -0.3 is 14.6 Å². The number of hydrogen-bond donors (Lipinski definition) is 1. The van der Waals surface area contributed by atoms with Crippen molar-refractivity contribution in [3.63, 3.8) is 0 Å². The number of fused-ring (bicyclic) bond motifs is 2. The molecule has 6 heteroatoms. The number of aryl methyl sites for hydroxylation is 1. The number of rotatable bonds is 7. The fourth-order valence-corrected chi connectivity index (χ4v) is 6.53. The average molecular weight is 518 g/mol. The smallest absolute Gasteiger partial charge is 0.307 e. The van der Waals surface area contributed by atoms with E-state index in [-0.39, 0.29) is 28.7 Å². The number of methoxy groups -OCH3 is 1. The van der Waals surface area contributed by atoms with E-state index < -0.39 is 5.97 Å². The van der Waals surface area contributed by atoms with E-state index in [1.54, 1.807) is 13.3 Å². The summed E-state index contributed by atoms with van der Waals surface area (Å²) in [4.78, 5) is 16.0. The summed E-state index contributed by atoms with van der Waals surface area (Å²) in [6, 6.07) is 13.7. The number of aliphatic carboxylic acids is 1. The molecule has 0 radical (unpaired) electrons. The summed E-state index contributed by atoms with van der Waals surface area (Å²) in [5.41, 5.74) is 5.45. The Kier molecular flexibility index (Phi) is 7.03. The third-order valence-corrected chi connectivity index (χ3v) is 8.37. The van der Waals surface area contributed by atoms with Crippen molar-refractivity contribution in [3.05, 3.63) is 82.9 Å². The molecule has 0 amide bonds. The number of carboxylic acid groups (broad SMARTS) is 1. The summed E-state index contributed by atoms with van der Waals surface area (Å²) < 4.78 is 26.2. The zero-order valence-corrected chi connectivity index (χ0v) is 22.6. The molecule has 5 rings (SSSR count). The van der Waals surface area contributed by atoms with Gasteiger partial charge in [0.1, 0.15) is 18.2 Å². The fraction of sp³-hybridized carbons (Fsp3) is 0.438. The predicted molar refractivity (Wildman–Crippen MR) is 145 cm³/mol. The van der Waals surface area contributed by atoms with Crippen molar-refractivity contribution < 1.29 is 23.8 Å². The molecule has 2 aliphatic carbocycles. The van der Waals surface area contributed by atoms with E-state index in [2.05, 4.69) is 44.0 Å². The molecular weight excluding hydrogens is 481 g/mol. The fourth-order valence-electron chi connectivity index (χ4n) is 6.53. The molecule has 2 aliphatic rings. The standard InChI is InChI=1S/C32H36FNO4/c1-31(2,3)29(37-4)26-14-20(7-10-25(26)22-15-23(33)18-34-17-22)19-38-24-9-8-21-6-5-12-32(28(21)16-24)13-11-27(32)30(35)36/h7-10,14-18,27,29H,5-6,11-13,19H2,1-4H3,(H,35,36). The van der Waals surface area contributed by atoms with Crippen molar-refractivity contribution >= 4 is 5.97 Å². The van der Waals surface area contributed by atoms with Crippen molar-refractivity contribution in [2.45, 2.75) is 71.0 Å². The SMILES string of the molecule is COC(c1cc(COc2ccc3c(c2)C2(CCC3)CCC2C(=O)O)ccc1-c1cncc(F)c1)C(C)(C)C. The second-order valence-corrected chi connectivity index (χ2v) is 11.8. The Labute approximate surface area is 224 Å². The molecule has 3 aromatic rings. The maximum atomic E-state index is 14.0. The van der Waals surface area contributed by atoms with Gasteiger partial charge in [-0.2, -0.15) is 0 Å². The molecule has 1 N–H and O–H groups in total. The molecule has 0 bridgehead atoms. The van der Waals surface area contributed by atoms with E-state index >= 15 is 0 Å². The monoisotopic (exact) mass is 517 g/mol. The molecule has 3 atom stereocenters. The molecule has 200 valence electrons. The molecule has 1 saturated carbocycles. The van der Waals surface area contributed by atoms with Gasteiger partial charge in [0.15, 0.2) is 0 Å². The Hall–Kier alpha value is -3.25. The summed E-state index contributed by atoms with van der Waals surface area (Å²) in [6.07, 6.45) is 7.24. The van der Waals surface area contributed by atoms with Gasteiger partial charge in [0, 0.05) is 24.3 Å². The van der Waals surface area contributed by atoms with Gasteiger partial charge in [0.2, 0.25) is 0 Å². The van der Waals surface area contributed by atoms with Crippen LogP contribution in [0, 0.1) is 17.2 Å². The normalized spacial score (nSPS) is 21.4. The lowest BCUT2D eigenvalue weighted by atomic mass is 9.52. The van der Waals surface area contributed by atoms with Crippen LogP contribution in [0.25, 0.3) is 11.1 Å². The minimum Gasteiger partial charge on any atom is -0.489 e. The number of carboxylic acids is 1. The highest BCUT2D eigenvalue weighted by molar-refractivity contribution is 5.74. The number of nitrogens with zero attached hydrogens (tertiary/aromatic N) is 1. The Morgan fingerprint density at radius 2 is 1.97 bits per heavy atom. The van der Waals surface area contributed by atoms with Crippen molar-refractivity contribution in [3.8, 4) is 16.9 Å². The maximum absolute atomic E-state index is 14.0. The van der Waals surface area contributed by atoms with Crippen LogP contribution >= 0.6 is 0 Å². The molecule has 1 spiro atoms. The van der Waals surface area contributed by atoms with Gasteiger partial charge in [0.25, 0.3) is 0 Å². The highest BCUT2D eigenvalue weighted by Gasteiger charge is 2.53. The van der Waals surface area contributed by atoms with E-state index in [4.69, 9.17) is 9.47 Å². The van der Waals surface area contributed by atoms with Crippen molar-refractivity contribution in [2.24, 2.45) is 11.3 Å². The van der Waals surface area contributed by atoms with Gasteiger partial charge in [0.05, 0.1) is 18.2 Å². The largest absolute Gasteiger partial charge is 0.489 e. The first kappa shape index (κ1) is 26.4. The van der Waals surface area contributed by atoms with Crippen LogP contribution in [-0.4, -0.2) is 23.2 Å². The lowest BCUT2D eigenvalue weighted by Crippen LogP contribution is -2.50. The number of hydrogen-bond acceptors (Lipinski definition) is 4. The molecule has 2 aromatic carbocycles. The first-order valence-corrected chi connectivity index (χ1v) is 13.4. The first-order valence-electron chi connectivity index (χ1n) is 13.4. The summed E-state index contributed by atoms with van der Waals surface area (Å²) in [6.45, 7) is 6.70. The topological polar surface area (TPSA) is 68.7 Å². The summed E-state index contributed by atoms with van der Waals surface area (Å²) in [7, 11) is 1.69. The number of ether oxygens (including phenoxy) is 2. The van der Waals surface area contributed by atoms with Crippen LogP contribution in [0.1, 0.15) is 74.8 Å². The lowest BCUT2D eigenvalue weighted by molar-refractivity contribution is -0.150. The average Bonchev–Trinajstić information content (AvgIpc) is 2.85. The molecule has 1 heterocycles. The van der Waals surface area contributed by atoms with Gasteiger partial charge in [-0.25, -0.2) is 4.39 Å². The molecule has 38 heavy (non-hydrogen) atoms. The number of pyridine rings is 1. The van der Waals surface area contributed by atoms with Crippen LogP contribution in [0.5, 0.6) is 5.75 Å². The zero-order chi connectivity index (χ0) is 27.1. The van der Waals surface area contributed by atoms with Crippen molar-refractivity contribution in [1.82, 2.24) is 4.98 Å². The number of benzene rings is 2. The first-order chi connectivity index (χ1) is 18.1. The number of halogens is 1. The van der Waals surface area contributed by atoms with Crippen LogP contribution in [0.2, 0.25) is 0 Å². The quantitative estimate of drug-likeness (QED) is 0.357. The molecule has 1 aromatic heterocycles. The second-order valence-electron chi connectivity index (χ2n) is 11.8. The van der Waals surface area contributed by atoms with E-state index in [0.717, 1.165) is 60.1 Å². The summed E-state index contributed by atoms with van der Waals surface area (Å²) in [5.74, 6) is -0.636. The van der Waals surface area contributed by atoms with Crippen LogP contribution in [0.4, 0.5) is 4.39 Å². The highest BCUT2D eigenvalue weighted by Crippen LogP contribution is 2.55. The van der Waals surface area contributed by atoms with Crippen molar-refractivity contribution in [1.29, 1.82) is 0 Å². The molecule has 1 fully saturated rings. The summed E-state index contributed by atoms with van der Waals surface area (Å²) >= 11 is 0. The van der Waals surface area contributed by atoms with Gasteiger partial charge in [-0.05, 0) is 89.6 Å². The van der Waals surface area contributed by atoms with Gasteiger partial charge in [-0.1, -0.05) is 39.0 Å². The zero-order valence-electron chi connectivity index (χ0n) is 22.6. The Balaban J connectivity index is 1.44. The van der Waals surface area contributed by atoms with Crippen LogP contribution in [-0.2, 0) is 28.0 Å². The minimum absolute atomic E-state index is 0.194.